The van der Waals surface area contributed by atoms with Gasteiger partial charge in [-0.3, -0.25) is 4.79 Å². The van der Waals surface area contributed by atoms with E-state index in [1.54, 1.807) is 6.20 Å². The van der Waals surface area contributed by atoms with Crippen LogP contribution < -0.4 is 10.6 Å². The highest BCUT2D eigenvalue weighted by Gasteiger charge is 2.33. The highest BCUT2D eigenvalue weighted by molar-refractivity contribution is 5.95. The van der Waals surface area contributed by atoms with Gasteiger partial charge in [-0.05, 0) is 25.0 Å². The van der Waals surface area contributed by atoms with Gasteiger partial charge in [-0.2, -0.15) is 5.10 Å². The molecular formula is C17H20N4O. The minimum Gasteiger partial charge on any atom is -0.352 e. The van der Waals surface area contributed by atoms with Gasteiger partial charge in [0.15, 0.2) is 0 Å². The fourth-order valence-corrected chi connectivity index (χ4v) is 2.88. The van der Waals surface area contributed by atoms with E-state index in [0.29, 0.717) is 11.8 Å². The molecule has 2 N–H and O–H groups in total. The molecule has 1 saturated carbocycles. The topological polar surface area (TPSA) is 59.0 Å². The number of carbonyl (C=O) groups is 1. The molecule has 0 spiro atoms. The largest absolute Gasteiger partial charge is 0.352 e. The summed E-state index contributed by atoms with van der Waals surface area (Å²) in [5.41, 5.74) is 2.82. The van der Waals surface area contributed by atoms with Crippen LogP contribution in [0.3, 0.4) is 0 Å². The number of rotatable bonds is 5. The molecule has 5 nitrogen and oxygen atoms in total. The molecule has 1 aromatic carbocycles. The van der Waals surface area contributed by atoms with Crippen LogP contribution in [0.5, 0.6) is 0 Å². The summed E-state index contributed by atoms with van der Waals surface area (Å²) >= 11 is 0. The Morgan fingerprint density at radius 2 is 2.05 bits per heavy atom. The van der Waals surface area contributed by atoms with E-state index in [1.807, 2.05) is 35.0 Å². The van der Waals surface area contributed by atoms with Crippen molar-refractivity contribution >= 4 is 5.91 Å². The van der Waals surface area contributed by atoms with Crippen LogP contribution in [0.2, 0.25) is 0 Å². The van der Waals surface area contributed by atoms with Gasteiger partial charge in [-0.25, -0.2) is 4.68 Å². The Hall–Kier alpha value is -2.14. The third kappa shape index (κ3) is 2.52. The lowest BCUT2D eigenvalue weighted by Crippen LogP contribution is -2.48. The second kappa shape index (κ2) is 5.57. The van der Waals surface area contributed by atoms with Crippen LogP contribution >= 0.6 is 0 Å². The summed E-state index contributed by atoms with van der Waals surface area (Å²) in [4.78, 5) is 12.5. The number of para-hydroxylation sites is 1. The van der Waals surface area contributed by atoms with Crippen LogP contribution in [0.25, 0.3) is 5.69 Å². The molecule has 22 heavy (non-hydrogen) atoms. The number of nitrogens with one attached hydrogen (secondary N) is 2. The van der Waals surface area contributed by atoms with Crippen molar-refractivity contribution in [2.45, 2.75) is 18.8 Å². The predicted molar refractivity (Wildman–Crippen MR) is 84.2 cm³/mol. The lowest BCUT2D eigenvalue weighted by atomic mass is 10.0. The number of hydrogen-bond donors (Lipinski definition) is 2. The van der Waals surface area contributed by atoms with E-state index in [4.69, 9.17) is 0 Å². The standard InChI is InChI=1S/C17H20N4O/c22-17(19-10-12-8-18-9-12)15-11-20-21(16(15)13-6-7-13)14-4-2-1-3-5-14/h1-5,11-13,18H,6-10H2,(H,19,22). The first kappa shape index (κ1) is 13.5. The molecule has 1 amide bonds. The van der Waals surface area contributed by atoms with Crippen molar-refractivity contribution < 1.29 is 4.79 Å². The third-order valence-electron chi connectivity index (χ3n) is 4.43. The van der Waals surface area contributed by atoms with Crippen LogP contribution in [0.1, 0.15) is 34.8 Å². The van der Waals surface area contributed by atoms with Crippen LogP contribution in [0, 0.1) is 5.92 Å². The maximum Gasteiger partial charge on any atom is 0.254 e. The zero-order chi connectivity index (χ0) is 14.9. The van der Waals surface area contributed by atoms with Crippen LogP contribution in [0.15, 0.2) is 36.5 Å². The van der Waals surface area contributed by atoms with Crippen molar-refractivity contribution in [1.29, 1.82) is 0 Å². The maximum atomic E-state index is 12.5. The molecule has 0 unspecified atom stereocenters. The number of amides is 1. The highest BCUT2D eigenvalue weighted by atomic mass is 16.1. The number of nitrogens with zero attached hydrogens (tertiary/aromatic N) is 2. The molecule has 0 radical (unpaired) electrons. The molecule has 2 heterocycles. The van der Waals surface area contributed by atoms with E-state index in [1.165, 1.54) is 0 Å². The minimum atomic E-state index is 0.0102. The molecule has 5 heteroatoms. The Morgan fingerprint density at radius 3 is 2.68 bits per heavy atom. The fraction of sp³-hybridized carbons (Fsp3) is 0.412. The Labute approximate surface area is 129 Å². The second-order valence-corrected chi connectivity index (χ2v) is 6.20. The van der Waals surface area contributed by atoms with Crippen LogP contribution in [-0.4, -0.2) is 35.3 Å². The van der Waals surface area contributed by atoms with Gasteiger partial charge in [0.2, 0.25) is 0 Å². The van der Waals surface area contributed by atoms with Crippen molar-refractivity contribution in [2.24, 2.45) is 5.92 Å². The van der Waals surface area contributed by atoms with Crippen molar-refractivity contribution in [1.82, 2.24) is 20.4 Å². The number of hydrogen-bond acceptors (Lipinski definition) is 3. The van der Waals surface area contributed by atoms with Crippen molar-refractivity contribution in [2.75, 3.05) is 19.6 Å². The molecule has 0 bridgehead atoms. The van der Waals surface area contributed by atoms with E-state index in [-0.39, 0.29) is 5.91 Å². The lowest BCUT2D eigenvalue weighted by molar-refractivity contribution is 0.0941. The van der Waals surface area contributed by atoms with Crippen molar-refractivity contribution in [3.8, 4) is 5.69 Å². The number of carbonyl (C=O) groups excluding carboxylic acids is 1. The van der Waals surface area contributed by atoms with Gasteiger partial charge in [0.05, 0.1) is 23.1 Å². The molecule has 1 aromatic heterocycles. The van der Waals surface area contributed by atoms with E-state index in [9.17, 15) is 4.79 Å². The molecule has 114 valence electrons. The van der Waals surface area contributed by atoms with Gasteiger partial charge in [0.1, 0.15) is 0 Å². The average Bonchev–Trinajstić information content (AvgIpc) is 3.24. The molecular weight excluding hydrogens is 276 g/mol. The molecule has 2 aliphatic rings. The summed E-state index contributed by atoms with van der Waals surface area (Å²) in [7, 11) is 0. The van der Waals surface area contributed by atoms with Gasteiger partial charge in [0, 0.05) is 31.5 Å². The first-order chi connectivity index (χ1) is 10.8. The molecule has 0 atom stereocenters. The van der Waals surface area contributed by atoms with Crippen molar-refractivity contribution in [3.63, 3.8) is 0 Å². The molecule has 2 aromatic rings. The third-order valence-corrected chi connectivity index (χ3v) is 4.43. The quantitative estimate of drug-likeness (QED) is 0.883. The summed E-state index contributed by atoms with van der Waals surface area (Å²) in [6.07, 6.45) is 4.01. The van der Waals surface area contributed by atoms with Crippen LogP contribution in [-0.2, 0) is 0 Å². The summed E-state index contributed by atoms with van der Waals surface area (Å²) in [6.45, 7) is 2.74. The van der Waals surface area contributed by atoms with Gasteiger partial charge >= 0.3 is 0 Å². The zero-order valence-corrected chi connectivity index (χ0v) is 12.5. The summed E-state index contributed by atoms with van der Waals surface area (Å²) in [5, 5.41) is 10.8. The first-order valence-electron chi connectivity index (χ1n) is 7.95. The molecule has 1 saturated heterocycles. The van der Waals surface area contributed by atoms with Crippen molar-refractivity contribution in [3.05, 3.63) is 47.8 Å². The van der Waals surface area contributed by atoms with Gasteiger partial charge in [-0.1, -0.05) is 18.2 Å². The SMILES string of the molecule is O=C(NCC1CNC1)c1cnn(-c2ccccc2)c1C1CC1. The zero-order valence-electron chi connectivity index (χ0n) is 12.5. The summed E-state index contributed by atoms with van der Waals surface area (Å²) in [6, 6.07) is 10.0. The lowest BCUT2D eigenvalue weighted by Gasteiger charge is -2.27. The Kier molecular flexibility index (Phi) is 3.42. The minimum absolute atomic E-state index is 0.0102. The summed E-state index contributed by atoms with van der Waals surface area (Å²) < 4.78 is 1.93. The molecule has 1 aliphatic heterocycles. The van der Waals surface area contributed by atoms with E-state index in [2.05, 4.69) is 15.7 Å². The molecule has 1 aliphatic carbocycles. The molecule has 4 rings (SSSR count). The van der Waals surface area contributed by atoms with E-state index in [0.717, 1.165) is 49.4 Å². The summed E-state index contributed by atoms with van der Waals surface area (Å²) in [5.74, 6) is 1.04. The first-order valence-corrected chi connectivity index (χ1v) is 7.95. The van der Waals surface area contributed by atoms with E-state index >= 15 is 0 Å². The van der Waals surface area contributed by atoms with Gasteiger partial charge < -0.3 is 10.6 Å². The predicted octanol–water partition coefficient (Wildman–Crippen LogP) is 1.70. The number of aromatic nitrogens is 2. The average molecular weight is 296 g/mol. The monoisotopic (exact) mass is 296 g/mol. The molecule has 2 fully saturated rings. The smallest absolute Gasteiger partial charge is 0.254 e. The second-order valence-electron chi connectivity index (χ2n) is 6.20. The maximum absolute atomic E-state index is 12.5. The fourth-order valence-electron chi connectivity index (χ4n) is 2.88. The van der Waals surface area contributed by atoms with E-state index < -0.39 is 0 Å². The normalized spacial score (nSPS) is 18.0. The highest BCUT2D eigenvalue weighted by Crippen LogP contribution is 2.42. The Balaban J connectivity index is 1.59. The van der Waals surface area contributed by atoms with Crippen LogP contribution in [0.4, 0.5) is 0 Å². The van der Waals surface area contributed by atoms with Gasteiger partial charge in [-0.15, -0.1) is 0 Å². The van der Waals surface area contributed by atoms with Gasteiger partial charge in [0.25, 0.3) is 5.91 Å². The number of benzene rings is 1. The Bertz CT molecular complexity index is 671. The Morgan fingerprint density at radius 1 is 1.27 bits per heavy atom.